The van der Waals surface area contributed by atoms with E-state index in [9.17, 15) is 0 Å². The first-order valence-corrected chi connectivity index (χ1v) is 16.7. The second-order valence-corrected chi connectivity index (χ2v) is 22.5. The van der Waals surface area contributed by atoms with Crippen molar-refractivity contribution in [1.82, 2.24) is 0 Å². The summed E-state index contributed by atoms with van der Waals surface area (Å²) in [7, 11) is -3.03. The van der Waals surface area contributed by atoms with Gasteiger partial charge in [-0.15, -0.1) is 0 Å². The van der Waals surface area contributed by atoms with Gasteiger partial charge in [0.1, 0.15) is 0 Å². The van der Waals surface area contributed by atoms with Gasteiger partial charge < -0.3 is 4.43 Å². The van der Waals surface area contributed by atoms with Crippen LogP contribution in [0.5, 0.6) is 0 Å². The van der Waals surface area contributed by atoms with Crippen LogP contribution in [0.2, 0.25) is 50.6 Å². The molecule has 0 spiro atoms. The molecule has 1 aromatic rings. The van der Waals surface area contributed by atoms with Crippen molar-refractivity contribution in [2.45, 2.75) is 64.1 Å². The number of hydrogen-bond donors (Lipinski definition) is 0. The molecule has 0 aromatic heterocycles. The maximum absolute atomic E-state index is 6.35. The fourth-order valence-corrected chi connectivity index (χ4v) is 24.7. The molecular formula is C16H31OSi3. The summed E-state index contributed by atoms with van der Waals surface area (Å²) >= 11 is 0. The van der Waals surface area contributed by atoms with Crippen molar-refractivity contribution in [3.8, 4) is 0 Å². The highest BCUT2D eigenvalue weighted by molar-refractivity contribution is 7.06. The molecule has 20 heavy (non-hydrogen) atoms. The molecule has 0 saturated carbocycles. The molecule has 4 heteroatoms. The van der Waals surface area contributed by atoms with Crippen molar-refractivity contribution >= 4 is 25.2 Å². The zero-order valence-corrected chi connectivity index (χ0v) is 17.5. The molecule has 0 bridgehead atoms. The van der Waals surface area contributed by atoms with E-state index in [-0.39, 0.29) is 0 Å². The van der Waals surface area contributed by atoms with Gasteiger partial charge in [0.25, 0.3) is 0 Å². The van der Waals surface area contributed by atoms with E-state index in [1.54, 1.807) is 0 Å². The van der Waals surface area contributed by atoms with Gasteiger partial charge in [-0.3, -0.25) is 0 Å². The largest absolute Gasteiger partial charge is 0.413 e. The minimum absolute atomic E-state index is 0.727. The molecule has 1 aromatic carbocycles. The predicted octanol–water partition coefficient (Wildman–Crippen LogP) is 5.26. The van der Waals surface area contributed by atoms with Crippen molar-refractivity contribution in [1.29, 1.82) is 0 Å². The monoisotopic (exact) mass is 323 g/mol. The van der Waals surface area contributed by atoms with Crippen LogP contribution in [-0.2, 0) is 11.0 Å². The number of hydrogen-bond acceptors (Lipinski definition) is 1. The lowest BCUT2D eigenvalue weighted by molar-refractivity contribution is 0.311. The summed E-state index contributed by atoms with van der Waals surface area (Å²) in [5.74, 6) is 0. The van der Waals surface area contributed by atoms with Crippen LogP contribution in [0, 0.1) is 6.92 Å². The van der Waals surface area contributed by atoms with Crippen LogP contribution in [0.4, 0.5) is 0 Å². The van der Waals surface area contributed by atoms with Crippen LogP contribution >= 0.6 is 0 Å². The third kappa shape index (κ3) is 5.31. The van der Waals surface area contributed by atoms with Crippen molar-refractivity contribution in [2.75, 3.05) is 0 Å². The Morgan fingerprint density at radius 3 is 1.80 bits per heavy atom. The highest BCUT2D eigenvalue weighted by Gasteiger charge is 2.42. The van der Waals surface area contributed by atoms with Gasteiger partial charge in [-0.25, -0.2) is 0 Å². The van der Waals surface area contributed by atoms with Gasteiger partial charge in [0.15, 0.2) is 0 Å². The van der Waals surface area contributed by atoms with Crippen LogP contribution in [0.3, 0.4) is 0 Å². The summed E-state index contributed by atoms with van der Waals surface area (Å²) < 4.78 is 6.35. The topological polar surface area (TPSA) is 9.23 Å². The molecule has 0 fully saturated rings. The Bertz CT molecular complexity index is 401. The first kappa shape index (κ1) is 17.9. The highest BCUT2D eigenvalue weighted by atomic mass is 28.4. The zero-order chi connectivity index (χ0) is 15.6. The molecule has 0 aliphatic rings. The molecule has 1 nitrogen and oxygen atoms in total. The Morgan fingerprint density at radius 1 is 0.950 bits per heavy atom. The Hall–Kier alpha value is -0.169. The smallest absolute Gasteiger partial charge is 0.206 e. The van der Waals surface area contributed by atoms with Crippen LogP contribution in [-0.4, -0.2) is 25.2 Å². The maximum Gasteiger partial charge on any atom is 0.206 e. The van der Waals surface area contributed by atoms with Gasteiger partial charge in [-0.1, -0.05) is 69.1 Å². The molecular weight excluding hydrogens is 292 g/mol. The quantitative estimate of drug-likeness (QED) is 0.649. The molecule has 0 aliphatic heterocycles. The van der Waals surface area contributed by atoms with Gasteiger partial charge in [0, 0.05) is 16.1 Å². The van der Waals surface area contributed by atoms with E-state index in [4.69, 9.17) is 4.43 Å². The van der Waals surface area contributed by atoms with Crippen LogP contribution < -0.4 is 0 Å². The fourth-order valence-electron chi connectivity index (χ4n) is 3.48. The molecule has 0 unspecified atom stereocenters. The van der Waals surface area contributed by atoms with E-state index in [1.807, 2.05) is 0 Å². The van der Waals surface area contributed by atoms with E-state index in [1.165, 1.54) is 11.1 Å². The van der Waals surface area contributed by atoms with Gasteiger partial charge in [0.05, 0.1) is 6.61 Å². The Labute approximate surface area is 129 Å². The van der Waals surface area contributed by atoms with E-state index in [0.29, 0.717) is 0 Å². The SMILES string of the molecule is Cc1ccc(CO[Si](C)C([Si](C)(C)C)[Si](C)(C)C)cc1. The first-order valence-electron chi connectivity index (χ1n) is 7.53. The van der Waals surface area contributed by atoms with Crippen LogP contribution in [0.25, 0.3) is 0 Å². The van der Waals surface area contributed by atoms with Crippen molar-refractivity contribution in [3.63, 3.8) is 0 Å². The average molecular weight is 324 g/mol. The first-order chi connectivity index (χ1) is 9.01. The van der Waals surface area contributed by atoms with Gasteiger partial charge in [-0.05, 0) is 23.8 Å². The van der Waals surface area contributed by atoms with Crippen molar-refractivity contribution in [3.05, 3.63) is 35.4 Å². The predicted molar refractivity (Wildman–Crippen MR) is 98.0 cm³/mol. The van der Waals surface area contributed by atoms with E-state index in [0.717, 1.165) is 11.4 Å². The summed E-state index contributed by atoms with van der Waals surface area (Å²) in [6.07, 6.45) is 0. The Kier molecular flexibility index (Phi) is 6.02. The number of rotatable bonds is 6. The van der Waals surface area contributed by atoms with Crippen LogP contribution in [0.1, 0.15) is 11.1 Å². The second kappa shape index (κ2) is 6.73. The maximum atomic E-state index is 6.35. The minimum Gasteiger partial charge on any atom is -0.413 e. The van der Waals surface area contributed by atoms with E-state index in [2.05, 4.69) is 77.0 Å². The lowest BCUT2D eigenvalue weighted by atomic mass is 10.2. The van der Waals surface area contributed by atoms with E-state index >= 15 is 0 Å². The molecule has 0 amide bonds. The lowest BCUT2D eigenvalue weighted by Crippen LogP contribution is -2.51. The molecule has 0 atom stereocenters. The molecule has 0 saturated heterocycles. The minimum atomic E-state index is -1.15. The standard InChI is InChI=1S/C16H31OSi3/c1-14-9-11-15(12-10-14)13-17-18(2)16(19(3,4)5)20(6,7)8/h9-12,16H,13H2,1-8H3. The normalized spacial score (nSPS) is 13.3. The third-order valence-corrected chi connectivity index (χ3v) is 21.4. The van der Waals surface area contributed by atoms with Crippen LogP contribution in [0.15, 0.2) is 24.3 Å². The van der Waals surface area contributed by atoms with Gasteiger partial charge in [-0.2, -0.15) is 0 Å². The van der Waals surface area contributed by atoms with Crippen molar-refractivity contribution < 1.29 is 4.43 Å². The second-order valence-electron chi connectivity index (χ2n) is 8.05. The number of benzene rings is 1. The summed E-state index contributed by atoms with van der Waals surface area (Å²) in [6.45, 7) is 20.4. The zero-order valence-electron chi connectivity index (χ0n) is 14.5. The highest BCUT2D eigenvalue weighted by Crippen LogP contribution is 2.35. The summed E-state index contributed by atoms with van der Waals surface area (Å²) in [4.78, 5) is 0.894. The fraction of sp³-hybridized carbons (Fsp3) is 0.625. The Morgan fingerprint density at radius 2 is 1.40 bits per heavy atom. The molecule has 1 rings (SSSR count). The molecule has 0 N–H and O–H groups in total. The van der Waals surface area contributed by atoms with E-state index < -0.39 is 25.2 Å². The summed E-state index contributed by atoms with van der Waals surface area (Å²) in [6, 6.07) is 8.75. The molecule has 1 radical (unpaired) electrons. The summed E-state index contributed by atoms with van der Waals surface area (Å²) in [5, 5.41) is 0. The molecule has 0 heterocycles. The molecule has 0 aliphatic carbocycles. The summed E-state index contributed by atoms with van der Waals surface area (Å²) in [5.41, 5.74) is 2.63. The van der Waals surface area contributed by atoms with Gasteiger partial charge in [0.2, 0.25) is 9.04 Å². The third-order valence-electron chi connectivity index (χ3n) is 3.73. The lowest BCUT2D eigenvalue weighted by Gasteiger charge is -2.41. The van der Waals surface area contributed by atoms with Gasteiger partial charge >= 0.3 is 0 Å². The Balaban J connectivity index is 2.72. The number of aryl methyl sites for hydroxylation is 1. The average Bonchev–Trinajstić information content (AvgIpc) is 2.24. The molecule has 113 valence electrons. The van der Waals surface area contributed by atoms with Crippen molar-refractivity contribution in [2.24, 2.45) is 0 Å².